The highest BCUT2D eigenvalue weighted by Crippen LogP contribution is 2.21. The van der Waals surface area contributed by atoms with E-state index >= 15 is 0 Å². The number of nitrogens with zero attached hydrogens (tertiary/aromatic N) is 1. The summed E-state index contributed by atoms with van der Waals surface area (Å²) in [4.78, 5) is 12.9. The molecule has 1 amide bonds. The van der Waals surface area contributed by atoms with E-state index in [0.717, 1.165) is 24.2 Å². The summed E-state index contributed by atoms with van der Waals surface area (Å²) in [5.74, 6) is 0.0576. The lowest BCUT2D eigenvalue weighted by Crippen LogP contribution is -2.29. The third kappa shape index (κ3) is 4.85. The van der Waals surface area contributed by atoms with Gasteiger partial charge in [-0.25, -0.2) is 0 Å². The maximum Gasteiger partial charge on any atom is 0.219 e. The number of amides is 1. The van der Waals surface area contributed by atoms with E-state index in [-0.39, 0.29) is 17.9 Å². The van der Waals surface area contributed by atoms with E-state index < -0.39 is 0 Å². The van der Waals surface area contributed by atoms with Crippen molar-refractivity contribution >= 4 is 11.6 Å². The van der Waals surface area contributed by atoms with Crippen LogP contribution in [0.15, 0.2) is 24.3 Å². The molecule has 0 aromatic heterocycles. The molecule has 1 aromatic carbocycles. The number of benzene rings is 1. The maximum absolute atomic E-state index is 11.3. The number of aliphatic hydroxyl groups excluding tert-OH is 1. The standard InChI is InChI=1S/C16H26N2O2/c1-5-16(3,12-19)11-17-15-8-6-7-14(9-15)10-18(4)13(2)20/h6-9,17,19H,5,10-12H2,1-4H3. The smallest absolute Gasteiger partial charge is 0.219 e. The molecule has 0 heterocycles. The van der Waals surface area contributed by atoms with Crippen molar-refractivity contribution < 1.29 is 9.90 Å². The zero-order valence-electron chi connectivity index (χ0n) is 12.9. The summed E-state index contributed by atoms with van der Waals surface area (Å²) in [5, 5.41) is 12.8. The van der Waals surface area contributed by atoms with Crippen molar-refractivity contribution in [1.29, 1.82) is 0 Å². The van der Waals surface area contributed by atoms with E-state index in [2.05, 4.69) is 19.2 Å². The Balaban J connectivity index is 2.66. The molecule has 1 aromatic rings. The molecule has 112 valence electrons. The van der Waals surface area contributed by atoms with Gasteiger partial charge in [0.2, 0.25) is 5.91 Å². The van der Waals surface area contributed by atoms with Crippen LogP contribution in [0.3, 0.4) is 0 Å². The van der Waals surface area contributed by atoms with Gasteiger partial charge in [0.1, 0.15) is 0 Å². The number of nitrogens with one attached hydrogen (secondary N) is 1. The summed E-state index contributed by atoms with van der Waals surface area (Å²) in [7, 11) is 1.79. The van der Waals surface area contributed by atoms with Gasteiger partial charge in [0.25, 0.3) is 0 Å². The van der Waals surface area contributed by atoms with E-state index in [4.69, 9.17) is 0 Å². The summed E-state index contributed by atoms with van der Waals surface area (Å²) in [6, 6.07) is 8.04. The molecule has 20 heavy (non-hydrogen) atoms. The summed E-state index contributed by atoms with van der Waals surface area (Å²) < 4.78 is 0. The second-order valence-electron chi connectivity index (χ2n) is 5.75. The van der Waals surface area contributed by atoms with Gasteiger partial charge in [0.15, 0.2) is 0 Å². The van der Waals surface area contributed by atoms with Gasteiger partial charge in [0, 0.05) is 38.2 Å². The summed E-state index contributed by atoms with van der Waals surface area (Å²) >= 11 is 0. The first kappa shape index (κ1) is 16.5. The van der Waals surface area contributed by atoms with Gasteiger partial charge in [-0.05, 0) is 24.1 Å². The second-order valence-corrected chi connectivity index (χ2v) is 5.75. The Morgan fingerprint density at radius 1 is 1.45 bits per heavy atom. The Hall–Kier alpha value is -1.55. The third-order valence-corrected chi connectivity index (χ3v) is 3.84. The molecule has 4 nitrogen and oxygen atoms in total. The van der Waals surface area contributed by atoms with Gasteiger partial charge >= 0.3 is 0 Å². The topological polar surface area (TPSA) is 52.6 Å². The van der Waals surface area contributed by atoms with Crippen LogP contribution in [0.1, 0.15) is 32.8 Å². The minimum Gasteiger partial charge on any atom is -0.396 e. The molecule has 0 aliphatic carbocycles. The number of anilines is 1. The molecule has 1 rings (SSSR count). The lowest BCUT2D eigenvalue weighted by Gasteiger charge is -2.26. The van der Waals surface area contributed by atoms with E-state index in [9.17, 15) is 9.90 Å². The molecular weight excluding hydrogens is 252 g/mol. The minimum absolute atomic E-state index is 0.0576. The first-order chi connectivity index (χ1) is 9.40. The van der Waals surface area contributed by atoms with Crippen LogP contribution < -0.4 is 5.32 Å². The van der Waals surface area contributed by atoms with Crippen molar-refractivity contribution in [3.8, 4) is 0 Å². The molecule has 1 unspecified atom stereocenters. The number of aliphatic hydroxyl groups is 1. The predicted molar refractivity (Wildman–Crippen MR) is 82.6 cm³/mol. The number of rotatable bonds is 7. The SMILES string of the molecule is CCC(C)(CO)CNc1cccc(CN(C)C(C)=O)c1. The van der Waals surface area contributed by atoms with Crippen LogP contribution in [0, 0.1) is 5.41 Å². The highest BCUT2D eigenvalue weighted by molar-refractivity contribution is 5.72. The molecule has 0 spiro atoms. The normalized spacial score (nSPS) is 13.7. The molecule has 1 atom stereocenters. The highest BCUT2D eigenvalue weighted by Gasteiger charge is 2.20. The van der Waals surface area contributed by atoms with Crippen molar-refractivity contribution in [2.75, 3.05) is 25.5 Å². The predicted octanol–water partition coefficient (Wildman–Crippen LogP) is 2.49. The van der Waals surface area contributed by atoms with Gasteiger partial charge in [0.05, 0.1) is 6.61 Å². The van der Waals surface area contributed by atoms with E-state index in [1.807, 2.05) is 24.3 Å². The number of hydrogen-bond donors (Lipinski definition) is 2. The van der Waals surface area contributed by atoms with Gasteiger partial charge in [-0.2, -0.15) is 0 Å². The quantitative estimate of drug-likeness (QED) is 0.805. The summed E-state index contributed by atoms with van der Waals surface area (Å²) in [5.41, 5.74) is 2.01. The third-order valence-electron chi connectivity index (χ3n) is 3.84. The highest BCUT2D eigenvalue weighted by atomic mass is 16.3. The Labute approximate surface area is 121 Å². The molecule has 2 N–H and O–H groups in total. The molecule has 4 heteroatoms. The number of carbonyl (C=O) groups excluding carboxylic acids is 1. The Kier molecular flexibility index (Phi) is 6.02. The summed E-state index contributed by atoms with van der Waals surface area (Å²) in [6.45, 7) is 7.21. The van der Waals surface area contributed by atoms with Crippen molar-refractivity contribution in [3.05, 3.63) is 29.8 Å². The Morgan fingerprint density at radius 2 is 2.15 bits per heavy atom. The average molecular weight is 278 g/mol. The molecule has 0 aliphatic rings. The van der Waals surface area contributed by atoms with Crippen molar-refractivity contribution in [1.82, 2.24) is 4.90 Å². The van der Waals surface area contributed by atoms with Crippen LogP contribution in [-0.4, -0.2) is 36.1 Å². The van der Waals surface area contributed by atoms with Crippen molar-refractivity contribution in [2.45, 2.75) is 33.7 Å². The van der Waals surface area contributed by atoms with Crippen molar-refractivity contribution in [2.24, 2.45) is 5.41 Å². The lowest BCUT2D eigenvalue weighted by molar-refractivity contribution is -0.128. The monoisotopic (exact) mass is 278 g/mol. The van der Waals surface area contributed by atoms with Crippen LogP contribution in [0.25, 0.3) is 0 Å². The first-order valence-electron chi connectivity index (χ1n) is 7.05. The van der Waals surface area contributed by atoms with Gasteiger partial charge < -0.3 is 15.3 Å². The Bertz CT molecular complexity index is 442. The van der Waals surface area contributed by atoms with E-state index in [1.165, 1.54) is 0 Å². The molecule has 0 fully saturated rings. The fraction of sp³-hybridized carbons (Fsp3) is 0.562. The molecule has 0 aliphatic heterocycles. The number of carbonyl (C=O) groups is 1. The van der Waals surface area contributed by atoms with E-state index in [1.54, 1.807) is 18.9 Å². The van der Waals surface area contributed by atoms with Crippen LogP contribution >= 0.6 is 0 Å². The zero-order chi connectivity index (χ0) is 15.2. The fourth-order valence-corrected chi connectivity index (χ4v) is 1.77. The van der Waals surface area contributed by atoms with Crippen LogP contribution in [0.5, 0.6) is 0 Å². The average Bonchev–Trinajstić information content (AvgIpc) is 2.45. The van der Waals surface area contributed by atoms with E-state index in [0.29, 0.717) is 6.54 Å². The van der Waals surface area contributed by atoms with Gasteiger partial charge in [-0.3, -0.25) is 4.79 Å². The first-order valence-corrected chi connectivity index (χ1v) is 7.05. The molecule has 0 radical (unpaired) electrons. The largest absolute Gasteiger partial charge is 0.396 e. The van der Waals surface area contributed by atoms with Gasteiger partial charge in [-0.1, -0.05) is 26.0 Å². The Morgan fingerprint density at radius 3 is 2.70 bits per heavy atom. The minimum atomic E-state index is -0.105. The second kappa shape index (κ2) is 7.29. The van der Waals surface area contributed by atoms with Gasteiger partial charge in [-0.15, -0.1) is 0 Å². The molecule has 0 saturated carbocycles. The molecular formula is C16H26N2O2. The fourth-order valence-electron chi connectivity index (χ4n) is 1.77. The molecule has 0 saturated heterocycles. The lowest BCUT2D eigenvalue weighted by atomic mass is 9.88. The summed E-state index contributed by atoms with van der Waals surface area (Å²) in [6.07, 6.45) is 0.920. The molecule has 0 bridgehead atoms. The van der Waals surface area contributed by atoms with Crippen LogP contribution in [0.2, 0.25) is 0 Å². The van der Waals surface area contributed by atoms with Crippen molar-refractivity contribution in [3.63, 3.8) is 0 Å². The van der Waals surface area contributed by atoms with Crippen LogP contribution in [-0.2, 0) is 11.3 Å². The number of hydrogen-bond acceptors (Lipinski definition) is 3. The zero-order valence-corrected chi connectivity index (χ0v) is 12.9. The maximum atomic E-state index is 11.3. The van der Waals surface area contributed by atoms with Crippen LogP contribution in [0.4, 0.5) is 5.69 Å².